The molecule has 1 aliphatic heterocycles. The molecule has 0 aliphatic carbocycles. The number of aromatic amines is 1. The maximum atomic E-state index is 12.3. The van der Waals surface area contributed by atoms with Crippen LogP contribution in [-0.4, -0.2) is 36.0 Å². The number of ether oxygens (including phenoxy) is 3. The lowest BCUT2D eigenvalue weighted by Crippen LogP contribution is -2.19. The van der Waals surface area contributed by atoms with E-state index < -0.39 is 0 Å². The first-order chi connectivity index (χ1) is 12.9. The Morgan fingerprint density at radius 3 is 2.74 bits per heavy atom. The van der Waals surface area contributed by atoms with Crippen LogP contribution < -0.4 is 14.9 Å². The fourth-order valence-corrected chi connectivity index (χ4v) is 2.91. The number of H-pyrrole nitrogens is 1. The van der Waals surface area contributed by atoms with Gasteiger partial charge in [-0.15, -0.1) is 0 Å². The highest BCUT2D eigenvalue weighted by Gasteiger charge is 2.21. The summed E-state index contributed by atoms with van der Waals surface area (Å²) in [5.41, 5.74) is 6.04. The van der Waals surface area contributed by atoms with E-state index in [9.17, 15) is 9.59 Å². The molecule has 27 heavy (non-hydrogen) atoms. The average Bonchev–Trinajstić information content (AvgIpc) is 3.22. The Bertz CT molecular complexity index is 930. The van der Waals surface area contributed by atoms with Crippen LogP contribution >= 0.6 is 0 Å². The zero-order chi connectivity index (χ0) is 19.6. The molecule has 0 atom stereocenters. The summed E-state index contributed by atoms with van der Waals surface area (Å²) in [5.74, 6) is 0.375. The van der Waals surface area contributed by atoms with Crippen LogP contribution in [0, 0.1) is 13.8 Å². The molecule has 3 rings (SSSR count). The number of nitrogens with zero attached hydrogens (tertiary/aromatic N) is 1. The average molecular weight is 371 g/mol. The van der Waals surface area contributed by atoms with E-state index in [1.807, 2.05) is 6.92 Å². The van der Waals surface area contributed by atoms with Crippen molar-refractivity contribution in [2.45, 2.75) is 27.7 Å². The molecular weight excluding hydrogens is 350 g/mol. The molecule has 0 bridgehead atoms. The molecule has 1 aliphatic rings. The van der Waals surface area contributed by atoms with E-state index in [0.29, 0.717) is 46.3 Å². The zero-order valence-electron chi connectivity index (χ0n) is 15.6. The number of carbonyl (C=O) groups excluding carboxylic acids is 2. The fourth-order valence-electron chi connectivity index (χ4n) is 2.91. The maximum Gasteiger partial charge on any atom is 0.340 e. The molecule has 0 saturated heterocycles. The number of rotatable bonds is 5. The fraction of sp³-hybridized carbons (Fsp3) is 0.316. The van der Waals surface area contributed by atoms with E-state index in [-0.39, 0.29) is 18.7 Å². The van der Waals surface area contributed by atoms with Crippen LogP contribution in [0.3, 0.4) is 0 Å². The minimum atomic E-state index is -0.382. The molecule has 2 N–H and O–H groups in total. The second kappa shape index (κ2) is 7.53. The summed E-state index contributed by atoms with van der Waals surface area (Å²) < 4.78 is 15.6. The van der Waals surface area contributed by atoms with Crippen LogP contribution in [0.15, 0.2) is 23.3 Å². The molecule has 0 fully saturated rings. The van der Waals surface area contributed by atoms with Crippen molar-refractivity contribution in [3.05, 3.63) is 46.3 Å². The first-order valence-electron chi connectivity index (χ1n) is 8.53. The molecule has 0 radical (unpaired) electrons. The molecule has 0 saturated carbocycles. The van der Waals surface area contributed by atoms with Crippen molar-refractivity contribution >= 4 is 17.6 Å². The number of benzene rings is 1. The summed E-state index contributed by atoms with van der Waals surface area (Å²) in [6, 6.07) is 4.92. The predicted molar refractivity (Wildman–Crippen MR) is 98.5 cm³/mol. The highest BCUT2D eigenvalue weighted by Crippen LogP contribution is 2.32. The van der Waals surface area contributed by atoms with Crippen molar-refractivity contribution in [2.75, 3.05) is 13.4 Å². The number of carbonyl (C=O) groups is 2. The van der Waals surface area contributed by atoms with Crippen molar-refractivity contribution in [3.63, 3.8) is 0 Å². The molecule has 8 heteroatoms. The Balaban J connectivity index is 1.77. The van der Waals surface area contributed by atoms with Gasteiger partial charge in [-0.3, -0.25) is 4.79 Å². The van der Waals surface area contributed by atoms with Crippen LogP contribution in [0.4, 0.5) is 0 Å². The van der Waals surface area contributed by atoms with E-state index in [1.165, 1.54) is 0 Å². The van der Waals surface area contributed by atoms with Gasteiger partial charge in [0.25, 0.3) is 5.91 Å². The molecule has 2 heterocycles. The monoisotopic (exact) mass is 371 g/mol. The highest BCUT2D eigenvalue weighted by atomic mass is 16.7. The van der Waals surface area contributed by atoms with E-state index in [1.54, 1.807) is 39.0 Å². The van der Waals surface area contributed by atoms with Gasteiger partial charge in [-0.2, -0.15) is 5.10 Å². The lowest BCUT2D eigenvalue weighted by molar-refractivity contribution is 0.0524. The van der Waals surface area contributed by atoms with Gasteiger partial charge >= 0.3 is 5.97 Å². The van der Waals surface area contributed by atoms with Gasteiger partial charge in [-0.25, -0.2) is 10.2 Å². The third kappa shape index (κ3) is 3.64. The summed E-state index contributed by atoms with van der Waals surface area (Å²) in [7, 11) is 0. The Labute approximate surface area is 156 Å². The van der Waals surface area contributed by atoms with Crippen molar-refractivity contribution < 1.29 is 23.8 Å². The van der Waals surface area contributed by atoms with Crippen LogP contribution in [0.2, 0.25) is 0 Å². The van der Waals surface area contributed by atoms with Crippen LogP contribution in [0.25, 0.3) is 0 Å². The SMILES string of the molecule is CCOC(=O)c1c(C)[nH]c(/C(C)=N/NC(=O)c2ccc3c(c2)OCO3)c1C. The van der Waals surface area contributed by atoms with Gasteiger partial charge < -0.3 is 19.2 Å². The smallest absolute Gasteiger partial charge is 0.340 e. The van der Waals surface area contributed by atoms with Gasteiger partial charge in [0.2, 0.25) is 6.79 Å². The number of aryl methyl sites for hydroxylation is 1. The number of aromatic nitrogens is 1. The Kier molecular flexibility index (Phi) is 5.16. The summed E-state index contributed by atoms with van der Waals surface area (Å²) in [6.45, 7) is 7.55. The minimum absolute atomic E-state index is 0.145. The summed E-state index contributed by atoms with van der Waals surface area (Å²) in [4.78, 5) is 27.6. The largest absolute Gasteiger partial charge is 0.462 e. The zero-order valence-corrected chi connectivity index (χ0v) is 15.6. The van der Waals surface area contributed by atoms with Gasteiger partial charge in [0.05, 0.1) is 23.6 Å². The van der Waals surface area contributed by atoms with Gasteiger partial charge in [0.15, 0.2) is 11.5 Å². The number of nitrogens with one attached hydrogen (secondary N) is 2. The lowest BCUT2D eigenvalue weighted by atomic mass is 10.1. The Morgan fingerprint density at radius 2 is 2.00 bits per heavy atom. The second-order valence-electron chi connectivity index (χ2n) is 6.05. The highest BCUT2D eigenvalue weighted by molar-refractivity contribution is 6.04. The van der Waals surface area contributed by atoms with E-state index in [0.717, 1.165) is 5.56 Å². The van der Waals surface area contributed by atoms with Gasteiger partial charge in [-0.1, -0.05) is 0 Å². The first kappa shape index (κ1) is 18.5. The number of hydrogen-bond donors (Lipinski definition) is 2. The number of hydrazone groups is 1. The standard InChI is InChI=1S/C19H21N3O5/c1-5-25-19(24)16-10(2)17(20-11(16)3)12(4)21-22-18(23)13-6-7-14-15(8-13)27-9-26-14/h6-8,20H,5,9H2,1-4H3,(H,22,23)/b21-12+. The molecular formula is C19H21N3O5. The Hall–Kier alpha value is -3.29. The van der Waals surface area contributed by atoms with E-state index >= 15 is 0 Å². The second-order valence-corrected chi connectivity index (χ2v) is 6.05. The van der Waals surface area contributed by atoms with Gasteiger partial charge in [0.1, 0.15) is 0 Å². The molecule has 1 aromatic carbocycles. The van der Waals surface area contributed by atoms with Crippen molar-refractivity contribution in [1.29, 1.82) is 0 Å². The van der Waals surface area contributed by atoms with Crippen molar-refractivity contribution in [1.82, 2.24) is 10.4 Å². The first-order valence-corrected chi connectivity index (χ1v) is 8.53. The predicted octanol–water partition coefficient (Wildman–Crippen LogP) is 2.69. The lowest BCUT2D eigenvalue weighted by Gasteiger charge is -2.05. The molecule has 1 amide bonds. The summed E-state index contributed by atoms with van der Waals surface area (Å²) in [5, 5.41) is 4.15. The molecule has 2 aromatic rings. The molecule has 0 spiro atoms. The topological polar surface area (TPSA) is 102 Å². The number of esters is 1. The molecule has 142 valence electrons. The number of hydrogen-bond acceptors (Lipinski definition) is 6. The minimum Gasteiger partial charge on any atom is -0.462 e. The van der Waals surface area contributed by atoms with Crippen molar-refractivity contribution in [3.8, 4) is 11.5 Å². The van der Waals surface area contributed by atoms with E-state index in [4.69, 9.17) is 14.2 Å². The number of amides is 1. The van der Waals surface area contributed by atoms with Crippen LogP contribution in [0.5, 0.6) is 11.5 Å². The molecule has 0 unspecified atom stereocenters. The van der Waals surface area contributed by atoms with Gasteiger partial charge in [-0.05, 0) is 51.5 Å². The third-order valence-corrected chi connectivity index (χ3v) is 4.24. The van der Waals surface area contributed by atoms with Gasteiger partial charge in [0, 0.05) is 11.3 Å². The van der Waals surface area contributed by atoms with Crippen LogP contribution in [-0.2, 0) is 4.74 Å². The van der Waals surface area contributed by atoms with Crippen LogP contribution in [0.1, 0.15) is 51.5 Å². The van der Waals surface area contributed by atoms with E-state index in [2.05, 4.69) is 15.5 Å². The quantitative estimate of drug-likeness (QED) is 0.478. The van der Waals surface area contributed by atoms with Crippen molar-refractivity contribution in [2.24, 2.45) is 5.10 Å². The normalized spacial score (nSPS) is 12.8. The maximum absolute atomic E-state index is 12.3. The summed E-state index contributed by atoms with van der Waals surface area (Å²) in [6.07, 6.45) is 0. The Morgan fingerprint density at radius 1 is 1.26 bits per heavy atom. The number of fused-ring (bicyclic) bond motifs is 1. The summed E-state index contributed by atoms with van der Waals surface area (Å²) >= 11 is 0. The third-order valence-electron chi connectivity index (χ3n) is 4.24. The molecule has 8 nitrogen and oxygen atoms in total. The molecule has 1 aromatic heterocycles.